The van der Waals surface area contributed by atoms with Gasteiger partial charge in [-0.2, -0.15) is 26.3 Å². The predicted molar refractivity (Wildman–Crippen MR) is 64.1 cm³/mol. The lowest BCUT2D eigenvalue weighted by Crippen LogP contribution is -2.62. The van der Waals surface area contributed by atoms with Crippen molar-refractivity contribution in [2.45, 2.75) is 17.2 Å². The number of ether oxygens (including phenoxy) is 2. The van der Waals surface area contributed by atoms with Crippen LogP contribution in [0.2, 0.25) is 0 Å². The summed E-state index contributed by atoms with van der Waals surface area (Å²) in [5.41, 5.74) is 0. The van der Waals surface area contributed by atoms with Crippen LogP contribution in [0.1, 0.15) is 0 Å². The topological polar surface area (TPSA) is 122 Å². The summed E-state index contributed by atoms with van der Waals surface area (Å²) in [5, 5.41) is -4.26. The molecule has 1 unspecified atom stereocenters. The van der Waals surface area contributed by atoms with Crippen LogP contribution in [0, 0.1) is 0 Å². The van der Waals surface area contributed by atoms with Gasteiger partial charge in [0.2, 0.25) is 5.83 Å². The van der Waals surface area contributed by atoms with Crippen molar-refractivity contribution in [3.63, 3.8) is 0 Å². The molecule has 8 nitrogen and oxygen atoms in total. The summed E-state index contributed by atoms with van der Waals surface area (Å²) in [6.45, 7) is 2.19. The molecule has 1 amide bonds. The third-order valence-corrected chi connectivity index (χ3v) is 3.02. The molecular formula is C10H8F6NO7S-. The number of alkyl halides is 5. The quantitative estimate of drug-likeness (QED) is 0.209. The van der Waals surface area contributed by atoms with Crippen LogP contribution in [0.5, 0.6) is 0 Å². The molecule has 0 saturated carbocycles. The van der Waals surface area contributed by atoms with Crippen LogP contribution in [0.3, 0.4) is 0 Å². The van der Waals surface area contributed by atoms with E-state index in [2.05, 4.69) is 22.6 Å². The second-order valence-electron chi connectivity index (χ2n) is 3.97. The van der Waals surface area contributed by atoms with Gasteiger partial charge in [-0.3, -0.25) is 4.79 Å². The lowest BCUT2D eigenvalue weighted by atomic mass is 10.2. The standard InChI is InChI=1S/C10H9F6NO7S/c1-3-17-7(19)9(10(14,15)16,24-6(18)5(2)11)23-4-8(12,13)25(20,21)22/h3H,1-2,4H2,(H,17,19)(H,20,21,22)/p-1. The van der Waals surface area contributed by atoms with Gasteiger partial charge >= 0.3 is 29.1 Å². The molecule has 0 aromatic heterocycles. The lowest BCUT2D eigenvalue weighted by Gasteiger charge is -2.33. The van der Waals surface area contributed by atoms with E-state index >= 15 is 0 Å². The second-order valence-corrected chi connectivity index (χ2v) is 5.47. The molecule has 15 heteroatoms. The Balaban J connectivity index is 6.10. The van der Waals surface area contributed by atoms with E-state index in [0.717, 1.165) is 0 Å². The van der Waals surface area contributed by atoms with Gasteiger partial charge in [0.15, 0.2) is 10.1 Å². The highest BCUT2D eigenvalue weighted by atomic mass is 32.2. The molecule has 0 fully saturated rings. The fourth-order valence-corrected chi connectivity index (χ4v) is 1.24. The fourth-order valence-electron chi connectivity index (χ4n) is 1.04. The number of esters is 1. The molecule has 0 rings (SSSR count). The van der Waals surface area contributed by atoms with E-state index in [-0.39, 0.29) is 6.20 Å². The number of halogens is 6. The SMILES string of the molecule is C=CNC(=O)C(OCC(F)(F)S(=O)(=O)[O-])(OC(=O)C(=C)F)C(F)(F)F. The Hall–Kier alpha value is -2.13. The Bertz CT molecular complexity index is 674. The maximum absolute atomic E-state index is 13.1. The first-order valence-corrected chi connectivity index (χ1v) is 6.96. The van der Waals surface area contributed by atoms with Gasteiger partial charge in [-0.15, -0.1) is 0 Å². The highest BCUT2D eigenvalue weighted by Gasteiger charge is 2.67. The number of nitrogens with one attached hydrogen (secondary N) is 1. The Morgan fingerprint density at radius 1 is 1.20 bits per heavy atom. The highest BCUT2D eigenvalue weighted by molar-refractivity contribution is 7.86. The predicted octanol–water partition coefficient (Wildman–Crippen LogP) is 0.686. The van der Waals surface area contributed by atoms with Crippen molar-refractivity contribution in [1.82, 2.24) is 5.32 Å². The first-order valence-electron chi connectivity index (χ1n) is 5.55. The monoisotopic (exact) mass is 400 g/mol. The van der Waals surface area contributed by atoms with Crippen molar-refractivity contribution < 1.29 is 58.4 Å². The van der Waals surface area contributed by atoms with Gasteiger partial charge < -0.3 is 19.3 Å². The van der Waals surface area contributed by atoms with E-state index in [1.807, 2.05) is 0 Å². The molecule has 1 atom stereocenters. The van der Waals surface area contributed by atoms with Gasteiger partial charge in [-0.1, -0.05) is 13.2 Å². The summed E-state index contributed by atoms with van der Waals surface area (Å²) in [6, 6.07) is 0. The van der Waals surface area contributed by atoms with Crippen molar-refractivity contribution in [3.05, 3.63) is 25.2 Å². The molecule has 25 heavy (non-hydrogen) atoms. The molecule has 0 saturated heterocycles. The maximum atomic E-state index is 13.1. The minimum atomic E-state index is -6.51. The third-order valence-electron chi connectivity index (χ3n) is 2.17. The second kappa shape index (κ2) is 7.40. The largest absolute Gasteiger partial charge is 0.743 e. The lowest BCUT2D eigenvalue weighted by molar-refractivity contribution is -0.352. The molecule has 0 aliphatic carbocycles. The number of hydrogen-bond acceptors (Lipinski definition) is 7. The summed E-state index contributed by atoms with van der Waals surface area (Å²) >= 11 is 0. The van der Waals surface area contributed by atoms with Gasteiger partial charge in [0.25, 0.3) is 0 Å². The van der Waals surface area contributed by atoms with Gasteiger partial charge in [0, 0.05) is 0 Å². The first kappa shape index (κ1) is 22.9. The zero-order valence-electron chi connectivity index (χ0n) is 11.7. The normalized spacial score (nSPS) is 15.0. The summed E-state index contributed by atoms with van der Waals surface area (Å²) in [7, 11) is -6.51. The molecule has 0 aromatic carbocycles. The van der Waals surface area contributed by atoms with Gasteiger partial charge in [-0.05, 0) is 6.20 Å². The molecule has 144 valence electrons. The van der Waals surface area contributed by atoms with Crippen LogP contribution in [0.15, 0.2) is 25.2 Å². The average Bonchev–Trinajstić information content (AvgIpc) is 2.40. The Kier molecular flexibility index (Phi) is 6.77. The van der Waals surface area contributed by atoms with E-state index in [1.165, 1.54) is 5.32 Å². The molecule has 0 aromatic rings. The van der Waals surface area contributed by atoms with E-state index in [0.29, 0.717) is 0 Å². The van der Waals surface area contributed by atoms with E-state index in [4.69, 9.17) is 0 Å². The Morgan fingerprint density at radius 2 is 1.68 bits per heavy atom. The van der Waals surface area contributed by atoms with Crippen LogP contribution >= 0.6 is 0 Å². The smallest absolute Gasteiger partial charge is 0.466 e. The van der Waals surface area contributed by atoms with Crippen LogP contribution in [0.25, 0.3) is 0 Å². The van der Waals surface area contributed by atoms with Crippen molar-refractivity contribution in [3.8, 4) is 0 Å². The third kappa shape index (κ3) is 5.17. The van der Waals surface area contributed by atoms with E-state index in [1.54, 1.807) is 0 Å². The van der Waals surface area contributed by atoms with Gasteiger partial charge in [-0.25, -0.2) is 13.2 Å². The van der Waals surface area contributed by atoms with Crippen molar-refractivity contribution in [1.29, 1.82) is 0 Å². The maximum Gasteiger partial charge on any atom is 0.466 e. The Labute approximate surface area is 135 Å². The number of amides is 1. The number of carbonyl (C=O) groups is 2. The zero-order valence-corrected chi connectivity index (χ0v) is 12.5. The van der Waals surface area contributed by atoms with Crippen LogP contribution in [0.4, 0.5) is 26.3 Å². The number of rotatable bonds is 8. The summed E-state index contributed by atoms with van der Waals surface area (Å²) in [4.78, 5) is 22.5. The molecular weight excluding hydrogens is 392 g/mol. The molecule has 0 heterocycles. The molecule has 0 aliphatic rings. The average molecular weight is 400 g/mol. The molecule has 1 N–H and O–H groups in total. The summed E-state index contributed by atoms with van der Waals surface area (Å²) in [5.74, 6) is -12.1. The highest BCUT2D eigenvalue weighted by Crippen LogP contribution is 2.38. The summed E-state index contributed by atoms with van der Waals surface area (Å²) in [6.07, 6.45) is -5.83. The number of hydrogen-bond donors (Lipinski definition) is 1. The van der Waals surface area contributed by atoms with E-state index < -0.39 is 51.6 Å². The molecule has 0 radical (unpaired) electrons. The van der Waals surface area contributed by atoms with Crippen molar-refractivity contribution in [2.24, 2.45) is 0 Å². The van der Waals surface area contributed by atoms with Crippen LogP contribution < -0.4 is 5.32 Å². The van der Waals surface area contributed by atoms with Gasteiger partial charge in [0.1, 0.15) is 6.61 Å². The van der Waals surface area contributed by atoms with Crippen molar-refractivity contribution in [2.75, 3.05) is 6.61 Å². The minimum absolute atomic E-state index is 0.284. The fraction of sp³-hybridized carbons (Fsp3) is 0.400. The first-order chi connectivity index (χ1) is 11.0. The van der Waals surface area contributed by atoms with E-state index in [9.17, 15) is 48.9 Å². The zero-order chi connectivity index (χ0) is 20.3. The summed E-state index contributed by atoms with van der Waals surface area (Å²) < 4.78 is 116. The number of carbonyl (C=O) groups excluding carboxylic acids is 2. The molecule has 0 aliphatic heterocycles. The van der Waals surface area contributed by atoms with Crippen LogP contribution in [-0.4, -0.2) is 48.7 Å². The minimum Gasteiger partial charge on any atom is -0.743 e. The molecule has 0 bridgehead atoms. The molecule has 0 spiro atoms. The van der Waals surface area contributed by atoms with Gasteiger partial charge in [0.05, 0.1) is 0 Å². The Morgan fingerprint density at radius 3 is 2.00 bits per heavy atom. The van der Waals surface area contributed by atoms with Crippen LogP contribution in [-0.2, 0) is 29.2 Å². The van der Waals surface area contributed by atoms with Crippen molar-refractivity contribution >= 4 is 22.0 Å².